The molecule has 0 saturated heterocycles. The molecule has 2 heterocycles. The van der Waals surface area contributed by atoms with E-state index in [2.05, 4.69) is 62.5 Å². The highest BCUT2D eigenvalue weighted by atomic mass is 16.2. The number of aromatic nitrogens is 3. The summed E-state index contributed by atoms with van der Waals surface area (Å²) in [5, 5.41) is 23.3. The number of benzene rings is 3. The zero-order valence-electron chi connectivity index (χ0n) is 53.3. The summed E-state index contributed by atoms with van der Waals surface area (Å²) in [7, 11) is 0. The van der Waals surface area contributed by atoms with Gasteiger partial charge in [0, 0.05) is 61.2 Å². The third-order valence-electron chi connectivity index (χ3n) is 16.0. The highest BCUT2D eigenvalue weighted by Gasteiger charge is 2.37. The van der Waals surface area contributed by atoms with Crippen LogP contribution in [0.25, 0.3) is 10.9 Å². The van der Waals surface area contributed by atoms with Crippen LogP contribution in [0.1, 0.15) is 113 Å². The number of guanidine groups is 1. The van der Waals surface area contributed by atoms with Gasteiger partial charge in [-0.05, 0) is 119 Å². The minimum Gasteiger partial charge on any atom is -0.370 e. The number of unbranched alkanes of at least 4 members (excludes halogenated alkanes) is 3. The van der Waals surface area contributed by atoms with Crippen LogP contribution in [-0.2, 0) is 68.8 Å². The number of carbonyl (C=O) groups excluding carboxylic acids is 9. The predicted molar refractivity (Wildman–Crippen MR) is 355 cm³/mol. The first kappa shape index (κ1) is 74.5. The number of aliphatic imine (C=N–C) groups is 1. The Kier molecular flexibility index (Phi) is 31.9. The van der Waals surface area contributed by atoms with Gasteiger partial charge in [0.05, 0.1) is 12.4 Å². The summed E-state index contributed by atoms with van der Waals surface area (Å²) in [5.74, 6) is -7.25. The van der Waals surface area contributed by atoms with Crippen molar-refractivity contribution in [2.24, 2.45) is 51.0 Å². The van der Waals surface area contributed by atoms with Crippen LogP contribution in [0, 0.1) is 5.92 Å². The second-order valence-electron chi connectivity index (χ2n) is 23.3. The van der Waals surface area contributed by atoms with Crippen LogP contribution < -0.4 is 82.7 Å². The van der Waals surface area contributed by atoms with Crippen molar-refractivity contribution in [3.8, 4) is 0 Å². The van der Waals surface area contributed by atoms with E-state index in [9.17, 15) is 38.4 Å². The number of nitrogens with two attached hydrogens (primary N) is 7. The predicted octanol–water partition coefficient (Wildman–Crippen LogP) is -0.661. The number of carbonyl (C=O) groups is 9. The zero-order valence-corrected chi connectivity index (χ0v) is 53.3. The fourth-order valence-electron chi connectivity index (χ4n) is 10.5. The molecule has 24 N–H and O–H groups in total. The lowest BCUT2D eigenvalue weighted by Gasteiger charge is -2.30. The largest absolute Gasteiger partial charge is 0.370 e. The number of para-hydroxylation sites is 1. The van der Waals surface area contributed by atoms with E-state index in [1.165, 1.54) is 12.5 Å². The molecule has 0 aliphatic heterocycles. The summed E-state index contributed by atoms with van der Waals surface area (Å²) in [6.07, 6.45) is 8.58. The lowest BCUT2D eigenvalue weighted by molar-refractivity contribution is -0.136. The van der Waals surface area contributed by atoms with Gasteiger partial charge in [-0.15, -0.1) is 0 Å². The van der Waals surface area contributed by atoms with Crippen molar-refractivity contribution in [1.82, 2.24) is 57.5 Å². The molecule has 0 unspecified atom stereocenters. The molecule has 2 aromatic heterocycles. The number of nitrogens with zero attached hydrogens (tertiary/aromatic N) is 2. The van der Waals surface area contributed by atoms with Crippen molar-refractivity contribution in [3.63, 3.8) is 0 Å². The van der Waals surface area contributed by atoms with E-state index in [1.807, 2.05) is 31.2 Å². The van der Waals surface area contributed by atoms with E-state index in [-0.39, 0.29) is 70.4 Å². The number of primary amides is 1. The maximum atomic E-state index is 15.0. The smallest absolute Gasteiger partial charge is 0.243 e. The van der Waals surface area contributed by atoms with Gasteiger partial charge in [0.15, 0.2) is 5.96 Å². The fourth-order valence-corrected chi connectivity index (χ4v) is 10.5. The van der Waals surface area contributed by atoms with E-state index in [0.29, 0.717) is 86.8 Å². The van der Waals surface area contributed by atoms with Gasteiger partial charge in [0.1, 0.15) is 48.3 Å². The normalized spacial score (nSPS) is 14.4. The topological polar surface area (TPSA) is 489 Å². The van der Waals surface area contributed by atoms with Gasteiger partial charge < -0.3 is 92.6 Å². The SMILES string of the molecule is CC[C@H](C)[C@H](NC(=O)[C@@H](Cc1ccccc1)NC(=O)[C@@H](Cc1c[nH]c2ccccc12)NC(=O)[C@@H](N)CCCN=C(N)N)C(=O)N[C@H](Cc1ccccc1)C(=O)N[C@@H](Cc1cnc[nH]1)C(=O)N[C@@H](CCCCN)C(=O)N[C@@H](CCCCN)C(=O)N[C@@H](CCCCN)C(N)=O. The summed E-state index contributed by atoms with van der Waals surface area (Å²) >= 11 is 0. The Morgan fingerprint density at radius 3 is 1.42 bits per heavy atom. The molecule has 28 nitrogen and oxygen atoms in total. The average molecular weight is 1290 g/mol. The third-order valence-corrected chi connectivity index (χ3v) is 16.0. The summed E-state index contributed by atoms with van der Waals surface area (Å²) < 4.78 is 0. The maximum absolute atomic E-state index is 15.0. The number of imidazole rings is 1. The second kappa shape index (κ2) is 39.9. The highest BCUT2D eigenvalue weighted by Crippen LogP contribution is 2.21. The molecule has 5 aromatic rings. The lowest BCUT2D eigenvalue weighted by atomic mass is 9.96. The molecule has 0 aliphatic carbocycles. The van der Waals surface area contributed by atoms with E-state index >= 15 is 4.79 Å². The molecule has 0 bridgehead atoms. The molecule has 9 amide bonds. The van der Waals surface area contributed by atoms with Gasteiger partial charge in [0.25, 0.3) is 0 Å². The number of amides is 9. The van der Waals surface area contributed by atoms with Crippen LogP contribution in [0.15, 0.2) is 109 Å². The number of H-pyrrole nitrogens is 2. The zero-order chi connectivity index (χ0) is 67.7. The van der Waals surface area contributed by atoms with E-state index in [1.54, 1.807) is 73.8 Å². The van der Waals surface area contributed by atoms with Crippen LogP contribution in [0.2, 0.25) is 0 Å². The lowest BCUT2D eigenvalue weighted by Crippen LogP contribution is -2.62. The summed E-state index contributed by atoms with van der Waals surface area (Å²) in [6.45, 7) is 4.77. The van der Waals surface area contributed by atoms with Crippen molar-refractivity contribution >= 4 is 70.0 Å². The van der Waals surface area contributed by atoms with Gasteiger partial charge in [-0.3, -0.25) is 48.1 Å². The van der Waals surface area contributed by atoms with Crippen molar-refractivity contribution in [2.75, 3.05) is 26.2 Å². The Balaban J connectivity index is 1.43. The molecule has 506 valence electrons. The molecule has 5 rings (SSSR count). The molecule has 0 radical (unpaired) electrons. The van der Waals surface area contributed by atoms with Gasteiger partial charge in [-0.1, -0.05) is 99.1 Å². The minimum absolute atomic E-state index is 0.00571. The Hall–Kier alpha value is -9.25. The monoisotopic (exact) mass is 1290 g/mol. The van der Waals surface area contributed by atoms with Crippen LogP contribution in [-0.4, -0.2) is 155 Å². The van der Waals surface area contributed by atoms with Gasteiger partial charge in [0.2, 0.25) is 53.2 Å². The fraction of sp³-hybridized carbons (Fsp3) is 0.492. The Morgan fingerprint density at radius 1 is 0.484 bits per heavy atom. The van der Waals surface area contributed by atoms with E-state index in [4.69, 9.17) is 40.1 Å². The Morgan fingerprint density at radius 2 is 0.925 bits per heavy atom. The summed E-state index contributed by atoms with van der Waals surface area (Å²) in [5.41, 5.74) is 43.5. The number of hydrogen-bond donors (Lipinski definition) is 17. The molecule has 0 spiro atoms. The molecule has 93 heavy (non-hydrogen) atoms. The molecule has 0 fully saturated rings. The average Bonchev–Trinajstić information content (AvgIpc) is 1.85. The van der Waals surface area contributed by atoms with Gasteiger partial charge in [-0.25, -0.2) is 4.98 Å². The van der Waals surface area contributed by atoms with Crippen LogP contribution in [0.4, 0.5) is 0 Å². The molecular weight excluding hydrogens is 1190 g/mol. The molecular formula is C65H97N19O9. The van der Waals surface area contributed by atoms with E-state index in [0.717, 1.165) is 10.9 Å². The van der Waals surface area contributed by atoms with Gasteiger partial charge in [-0.2, -0.15) is 0 Å². The van der Waals surface area contributed by atoms with Gasteiger partial charge >= 0.3 is 0 Å². The first-order valence-corrected chi connectivity index (χ1v) is 32.0. The quantitative estimate of drug-likeness (QED) is 0.0131. The number of fused-ring (bicyclic) bond motifs is 1. The Bertz CT molecular complexity index is 3180. The number of hydrogen-bond acceptors (Lipinski definition) is 15. The van der Waals surface area contributed by atoms with Crippen LogP contribution in [0.5, 0.6) is 0 Å². The third kappa shape index (κ3) is 25.4. The molecule has 28 heteroatoms. The summed E-state index contributed by atoms with van der Waals surface area (Å²) in [6, 6.07) is 14.0. The molecule has 0 saturated carbocycles. The Labute approximate surface area is 542 Å². The molecule has 10 atom stereocenters. The van der Waals surface area contributed by atoms with Crippen LogP contribution in [0.3, 0.4) is 0 Å². The first-order chi connectivity index (χ1) is 44.7. The molecule has 0 aliphatic rings. The highest BCUT2D eigenvalue weighted by molar-refractivity contribution is 5.99. The summed E-state index contributed by atoms with van der Waals surface area (Å²) in [4.78, 5) is 143. The first-order valence-electron chi connectivity index (χ1n) is 32.0. The van der Waals surface area contributed by atoms with Crippen molar-refractivity contribution < 1.29 is 43.2 Å². The standard InChI is InChI=1S/C65H97N19O9/c1-3-40(2)55(84-63(92)52(34-42-21-8-5-9-22-42)81-61(90)53(35-43-37-75-47-25-11-10-23-45(43)47)80-57(86)46(69)24-18-32-74-65(71)72)64(93)83-51(33-41-19-6-4-7-20-41)60(89)82-54(36-44-38-73-39-76-44)62(91)79-50(28-14-17-31-68)59(88)78-49(27-13-16-30-67)58(87)77-48(56(70)85)26-12-15-29-66/h4-11,19-23,25,37-40,46,48-55,75H,3,12-18,24,26-36,66-69H2,1-2H3,(H2,70,85)(H,73,76)(H,77,87)(H,78,88)(H,79,91)(H,80,86)(H,81,90)(H,82,89)(H,83,93)(H,84,92)(H4,71,72,74)/t40-,46-,48-,49-,50-,51+,52+,53+,54-,55-/m0/s1. The molecule has 3 aromatic carbocycles. The number of nitrogens with one attached hydrogen (secondary N) is 10. The van der Waals surface area contributed by atoms with Crippen LogP contribution >= 0.6 is 0 Å². The minimum atomic E-state index is -1.41. The number of rotatable bonds is 43. The van der Waals surface area contributed by atoms with Crippen molar-refractivity contribution in [1.29, 1.82) is 0 Å². The van der Waals surface area contributed by atoms with E-state index < -0.39 is 113 Å². The number of aromatic amines is 2. The second-order valence-corrected chi connectivity index (χ2v) is 23.3. The maximum Gasteiger partial charge on any atom is 0.243 e. The van der Waals surface area contributed by atoms with Crippen molar-refractivity contribution in [3.05, 3.63) is 126 Å². The van der Waals surface area contributed by atoms with Crippen molar-refractivity contribution in [2.45, 2.75) is 171 Å².